The second-order valence-electron chi connectivity index (χ2n) is 10.1. The van der Waals surface area contributed by atoms with Crippen LogP contribution >= 0.6 is 7.82 Å². The van der Waals surface area contributed by atoms with Gasteiger partial charge in [0.2, 0.25) is 0 Å². The molecule has 0 aliphatic heterocycles. The van der Waals surface area contributed by atoms with Gasteiger partial charge in [0.05, 0.1) is 6.61 Å². The van der Waals surface area contributed by atoms with Crippen molar-refractivity contribution in [3.8, 4) is 0 Å². The highest BCUT2D eigenvalue weighted by Gasteiger charge is 2.51. The number of esters is 1. The number of unbranched alkanes of at least 4 members (excludes halogenated alkanes) is 12. The van der Waals surface area contributed by atoms with Crippen LogP contribution in [-0.2, 0) is 23.1 Å². The van der Waals surface area contributed by atoms with E-state index in [9.17, 15) is 44.9 Å². The molecule has 3 unspecified atom stereocenters. The van der Waals surface area contributed by atoms with E-state index in [0.717, 1.165) is 19.3 Å². The molecule has 0 bridgehead atoms. The summed E-state index contributed by atoms with van der Waals surface area (Å²) in [6.45, 7) is 0.973. The van der Waals surface area contributed by atoms with Crippen molar-refractivity contribution in [2.45, 2.75) is 140 Å². The largest absolute Gasteiger partial charge is 0.472 e. The van der Waals surface area contributed by atoms with Gasteiger partial charge in [0, 0.05) is 6.42 Å². The minimum absolute atomic E-state index is 0.195. The minimum atomic E-state index is -4.98. The molecule has 1 rings (SSSR count). The second-order valence-corrected chi connectivity index (χ2v) is 11.5. The van der Waals surface area contributed by atoms with E-state index in [2.05, 4.69) is 16.0 Å². The molecule has 0 aromatic heterocycles. The molecule has 12 nitrogen and oxygen atoms in total. The molecule has 1 fully saturated rings. The van der Waals surface area contributed by atoms with E-state index >= 15 is 0 Å². The van der Waals surface area contributed by atoms with Gasteiger partial charge in [0.25, 0.3) is 0 Å². The van der Waals surface area contributed by atoms with E-state index in [1.165, 1.54) is 57.8 Å². The van der Waals surface area contributed by atoms with Crippen LogP contribution in [0.15, 0.2) is 0 Å². The zero-order valence-electron chi connectivity index (χ0n) is 22.5. The molecular formula is C25H49O12P. The van der Waals surface area contributed by atoms with Crippen molar-refractivity contribution < 1.29 is 58.7 Å². The second kappa shape index (κ2) is 19.4. The fourth-order valence-corrected chi connectivity index (χ4v) is 5.26. The fourth-order valence-electron chi connectivity index (χ4n) is 4.28. The maximum atomic E-state index is 12.1. The quantitative estimate of drug-likeness (QED) is 0.0596. The molecule has 0 aromatic carbocycles. The lowest BCUT2D eigenvalue weighted by Gasteiger charge is -2.41. The van der Waals surface area contributed by atoms with E-state index in [0.29, 0.717) is 6.42 Å². The van der Waals surface area contributed by atoms with E-state index in [1.807, 2.05) is 0 Å². The van der Waals surface area contributed by atoms with Crippen molar-refractivity contribution in [2.75, 3.05) is 13.2 Å². The molecule has 8 atom stereocenters. The predicted octanol–water partition coefficient (Wildman–Crippen LogP) is 1.69. The summed E-state index contributed by atoms with van der Waals surface area (Å²) in [5, 5.41) is 58.5. The van der Waals surface area contributed by atoms with E-state index in [4.69, 9.17) is 4.74 Å². The van der Waals surface area contributed by atoms with Gasteiger partial charge in [-0.05, 0) is 6.42 Å². The molecule has 0 heterocycles. The van der Waals surface area contributed by atoms with Crippen molar-refractivity contribution in [1.82, 2.24) is 0 Å². The Balaban J connectivity index is 2.11. The lowest BCUT2D eigenvalue weighted by Crippen LogP contribution is -2.64. The number of rotatable bonds is 21. The van der Waals surface area contributed by atoms with Crippen LogP contribution in [0.4, 0.5) is 0 Å². The van der Waals surface area contributed by atoms with Crippen LogP contribution in [0.5, 0.6) is 0 Å². The number of aliphatic hydroxyl groups is 6. The van der Waals surface area contributed by atoms with Crippen LogP contribution in [0, 0.1) is 0 Å². The van der Waals surface area contributed by atoms with Crippen LogP contribution in [0.3, 0.4) is 0 Å². The first-order valence-corrected chi connectivity index (χ1v) is 15.4. The third-order valence-electron chi connectivity index (χ3n) is 6.68. The molecule has 1 saturated carbocycles. The first kappa shape index (κ1) is 35.4. The Hall–Kier alpha value is -0.660. The molecule has 7 N–H and O–H groups in total. The monoisotopic (exact) mass is 572 g/mol. The Kier molecular flexibility index (Phi) is 18.1. The summed E-state index contributed by atoms with van der Waals surface area (Å²) in [5.74, 6) is -0.509. The zero-order chi connectivity index (χ0) is 28.6. The Morgan fingerprint density at radius 2 is 1.13 bits per heavy atom. The molecule has 1 aliphatic rings. The first-order valence-electron chi connectivity index (χ1n) is 13.9. The van der Waals surface area contributed by atoms with Gasteiger partial charge in [-0.25, -0.2) is 4.57 Å². The molecule has 1 aliphatic carbocycles. The van der Waals surface area contributed by atoms with Crippen LogP contribution in [0.1, 0.15) is 96.8 Å². The normalized spacial score (nSPS) is 28.1. The molecule has 0 radical (unpaired) electrons. The van der Waals surface area contributed by atoms with Gasteiger partial charge in [-0.3, -0.25) is 13.8 Å². The molecule has 13 heteroatoms. The Bertz CT molecular complexity index is 665. The summed E-state index contributed by atoms with van der Waals surface area (Å²) in [7, 11) is -4.98. The van der Waals surface area contributed by atoms with Crippen LogP contribution in [-0.4, -0.2) is 97.4 Å². The number of carbonyl (C=O) groups excluding carboxylic acids is 1. The van der Waals surface area contributed by atoms with Crippen LogP contribution in [0.25, 0.3) is 0 Å². The lowest BCUT2D eigenvalue weighted by atomic mass is 9.85. The molecule has 226 valence electrons. The summed E-state index contributed by atoms with van der Waals surface area (Å²) in [4.78, 5) is 21.6. The van der Waals surface area contributed by atoms with E-state index < -0.39 is 69.7 Å². The smallest absolute Gasteiger partial charge is 0.463 e. The van der Waals surface area contributed by atoms with Gasteiger partial charge < -0.3 is 40.3 Å². The number of ether oxygens (including phenoxy) is 1. The number of hydrogen-bond donors (Lipinski definition) is 7. The topological polar surface area (TPSA) is 203 Å². The Labute approximate surface area is 225 Å². The van der Waals surface area contributed by atoms with Crippen molar-refractivity contribution >= 4 is 13.8 Å². The van der Waals surface area contributed by atoms with Gasteiger partial charge in [-0.2, -0.15) is 0 Å². The van der Waals surface area contributed by atoms with Gasteiger partial charge >= 0.3 is 13.8 Å². The van der Waals surface area contributed by atoms with Crippen molar-refractivity contribution in [3.05, 3.63) is 0 Å². The first-order chi connectivity index (χ1) is 18.0. The SMILES string of the molecule is CCCCCCCCCCCCCCCC(=O)OC[C@@H](O)COP(=O)(O)OC1[C@@H](O)[C@H](O)C(O)[C@H](O)[C@@H]1O. The highest BCUT2D eigenvalue weighted by molar-refractivity contribution is 7.47. The van der Waals surface area contributed by atoms with Gasteiger partial charge in [-0.15, -0.1) is 0 Å². The number of hydrogen-bond acceptors (Lipinski definition) is 11. The number of carbonyl (C=O) groups is 1. The van der Waals surface area contributed by atoms with Gasteiger partial charge in [0.1, 0.15) is 49.3 Å². The molecule has 0 saturated heterocycles. The average Bonchev–Trinajstić information content (AvgIpc) is 2.89. The summed E-state index contributed by atoms with van der Waals surface area (Å²) in [5.41, 5.74) is 0. The molecule has 0 spiro atoms. The lowest BCUT2D eigenvalue weighted by molar-refractivity contribution is -0.220. The average molecular weight is 573 g/mol. The maximum absolute atomic E-state index is 12.1. The molecule has 0 amide bonds. The van der Waals surface area contributed by atoms with Gasteiger partial charge in [-0.1, -0.05) is 84.0 Å². The fraction of sp³-hybridized carbons (Fsp3) is 0.960. The molecule has 0 aromatic rings. The van der Waals surface area contributed by atoms with Crippen LogP contribution in [0.2, 0.25) is 0 Å². The maximum Gasteiger partial charge on any atom is 0.472 e. The van der Waals surface area contributed by atoms with E-state index in [1.54, 1.807) is 0 Å². The minimum Gasteiger partial charge on any atom is -0.463 e. The Morgan fingerprint density at radius 1 is 0.711 bits per heavy atom. The standard InChI is InChI=1S/C25H49O12P/c1-2-3-4-5-6-7-8-9-10-11-12-13-14-15-19(27)35-16-18(26)17-36-38(33,34)37-25-23(31)21(29)20(28)22(30)24(25)32/h18,20-26,28-32H,2-17H2,1H3,(H,33,34)/t18-,20?,21-,22+,23+,24+,25?/m1/s1. The van der Waals surface area contributed by atoms with Crippen molar-refractivity contribution in [2.24, 2.45) is 0 Å². The van der Waals surface area contributed by atoms with Crippen molar-refractivity contribution in [3.63, 3.8) is 0 Å². The van der Waals surface area contributed by atoms with Crippen LogP contribution < -0.4 is 0 Å². The number of aliphatic hydroxyl groups excluding tert-OH is 6. The highest BCUT2D eigenvalue weighted by Crippen LogP contribution is 2.47. The van der Waals surface area contributed by atoms with Gasteiger partial charge in [0.15, 0.2) is 0 Å². The zero-order valence-corrected chi connectivity index (χ0v) is 23.4. The predicted molar refractivity (Wildman–Crippen MR) is 138 cm³/mol. The number of phosphoric acid groups is 1. The third kappa shape index (κ3) is 14.1. The Morgan fingerprint density at radius 3 is 1.61 bits per heavy atom. The summed E-state index contributed by atoms with van der Waals surface area (Å²) in [6.07, 6.45) is 2.42. The van der Waals surface area contributed by atoms with E-state index in [-0.39, 0.29) is 6.42 Å². The third-order valence-corrected chi connectivity index (χ3v) is 7.66. The number of phosphoric ester groups is 1. The summed E-state index contributed by atoms with van der Waals surface area (Å²) in [6, 6.07) is 0. The highest BCUT2D eigenvalue weighted by atomic mass is 31.2. The summed E-state index contributed by atoms with van der Waals surface area (Å²) >= 11 is 0. The summed E-state index contributed by atoms with van der Waals surface area (Å²) < 4.78 is 26.3. The van der Waals surface area contributed by atoms with Crippen molar-refractivity contribution in [1.29, 1.82) is 0 Å². The molecular weight excluding hydrogens is 523 g/mol. The molecule has 38 heavy (non-hydrogen) atoms.